The Labute approximate surface area is 164 Å². The van der Waals surface area contributed by atoms with Gasteiger partial charge in [-0.15, -0.1) is 11.3 Å². The summed E-state index contributed by atoms with van der Waals surface area (Å²) in [7, 11) is 0. The largest absolute Gasteiger partial charge is 0.486 e. The lowest BCUT2D eigenvalue weighted by Gasteiger charge is -2.03. The summed E-state index contributed by atoms with van der Waals surface area (Å²) in [5.41, 5.74) is 1.36. The van der Waals surface area contributed by atoms with Crippen LogP contribution in [0.5, 0.6) is 5.75 Å². The Morgan fingerprint density at radius 1 is 1.11 bits per heavy atom. The molecule has 27 heavy (non-hydrogen) atoms. The van der Waals surface area contributed by atoms with Crippen LogP contribution in [-0.4, -0.2) is 11.0 Å². The first-order valence-electron chi connectivity index (χ1n) is 8.00. The van der Waals surface area contributed by atoms with Crippen LogP contribution in [-0.2, 0) is 22.7 Å². The second kappa shape index (κ2) is 9.30. The minimum Gasteiger partial charge on any atom is -0.486 e. The Hall–Kier alpha value is -2.70. The predicted octanol–water partition coefficient (Wildman–Crippen LogP) is 5.27. The summed E-state index contributed by atoms with van der Waals surface area (Å²) >= 11 is 7.26. The van der Waals surface area contributed by atoms with Crippen LogP contribution >= 0.6 is 22.9 Å². The standard InChI is InChI=1S/C20H15ClFNO3S/c21-15-4-8-18(9-5-15)25-12-19-23-17(13-27-19)11-26-20(24)10-3-14-1-6-16(22)7-2-14/h1-10,13H,11-12H2/b10-3-. The van der Waals surface area contributed by atoms with Crippen molar-refractivity contribution in [2.45, 2.75) is 13.2 Å². The molecule has 0 aliphatic rings. The van der Waals surface area contributed by atoms with Gasteiger partial charge in [0.25, 0.3) is 0 Å². The molecule has 0 spiro atoms. The summed E-state index contributed by atoms with van der Waals surface area (Å²) in [5, 5.41) is 3.24. The van der Waals surface area contributed by atoms with Crippen LogP contribution < -0.4 is 4.74 Å². The van der Waals surface area contributed by atoms with Crippen molar-refractivity contribution in [3.8, 4) is 5.75 Å². The maximum absolute atomic E-state index is 12.8. The molecule has 138 valence electrons. The molecule has 0 fully saturated rings. The normalized spacial score (nSPS) is 10.9. The molecule has 1 aromatic heterocycles. The molecule has 0 aliphatic carbocycles. The molecule has 0 unspecified atom stereocenters. The number of carbonyl (C=O) groups excluding carboxylic acids is 1. The van der Waals surface area contributed by atoms with Gasteiger partial charge in [-0.2, -0.15) is 0 Å². The number of aromatic nitrogens is 1. The van der Waals surface area contributed by atoms with Crippen LogP contribution in [0.25, 0.3) is 6.08 Å². The SMILES string of the molecule is O=C(/C=C\c1ccc(F)cc1)OCc1csc(COc2ccc(Cl)cc2)n1. The van der Waals surface area contributed by atoms with Gasteiger partial charge in [0.2, 0.25) is 0 Å². The third kappa shape index (κ3) is 6.20. The van der Waals surface area contributed by atoms with E-state index >= 15 is 0 Å². The molecule has 0 amide bonds. The van der Waals surface area contributed by atoms with E-state index in [-0.39, 0.29) is 12.4 Å². The van der Waals surface area contributed by atoms with Crippen molar-refractivity contribution >= 4 is 35.0 Å². The van der Waals surface area contributed by atoms with Crippen LogP contribution in [0.15, 0.2) is 60.0 Å². The quantitative estimate of drug-likeness (QED) is 0.398. The number of thiazole rings is 1. The number of rotatable bonds is 7. The predicted molar refractivity (Wildman–Crippen MR) is 103 cm³/mol. The first-order chi connectivity index (χ1) is 13.1. The fourth-order valence-electron chi connectivity index (χ4n) is 2.09. The Balaban J connectivity index is 1.45. The molecule has 0 saturated heterocycles. The minimum atomic E-state index is -0.494. The van der Waals surface area contributed by atoms with Gasteiger partial charge in [0.05, 0.1) is 5.69 Å². The third-order valence-electron chi connectivity index (χ3n) is 3.42. The molecule has 1 heterocycles. The van der Waals surface area contributed by atoms with Crippen LogP contribution in [0.1, 0.15) is 16.3 Å². The number of hydrogen-bond donors (Lipinski definition) is 0. The maximum atomic E-state index is 12.8. The molecule has 0 atom stereocenters. The lowest BCUT2D eigenvalue weighted by atomic mass is 10.2. The Kier molecular flexibility index (Phi) is 6.57. The van der Waals surface area contributed by atoms with E-state index in [1.54, 1.807) is 42.5 Å². The molecule has 4 nitrogen and oxygen atoms in total. The molecule has 2 aromatic carbocycles. The molecule has 0 N–H and O–H groups in total. The molecule has 7 heteroatoms. The first kappa shape index (κ1) is 19.1. The van der Waals surface area contributed by atoms with Crippen molar-refractivity contribution in [3.63, 3.8) is 0 Å². The average Bonchev–Trinajstić information content (AvgIpc) is 3.13. The summed E-state index contributed by atoms with van der Waals surface area (Å²) in [5.74, 6) is -0.117. The average molecular weight is 404 g/mol. The van der Waals surface area contributed by atoms with Crippen molar-refractivity contribution in [3.05, 3.63) is 87.1 Å². The smallest absolute Gasteiger partial charge is 0.331 e. The summed E-state index contributed by atoms with van der Waals surface area (Å²) in [6.45, 7) is 0.398. The molecule has 0 saturated carbocycles. The third-order valence-corrected chi connectivity index (χ3v) is 4.54. The molecule has 0 aliphatic heterocycles. The zero-order valence-electron chi connectivity index (χ0n) is 14.1. The Bertz CT molecular complexity index is 923. The minimum absolute atomic E-state index is 0.0734. The van der Waals surface area contributed by atoms with Crippen LogP contribution in [0, 0.1) is 5.82 Å². The van der Waals surface area contributed by atoms with Crippen molar-refractivity contribution < 1.29 is 18.7 Å². The Morgan fingerprint density at radius 2 is 1.85 bits per heavy atom. The first-order valence-corrected chi connectivity index (χ1v) is 9.26. The van der Waals surface area contributed by atoms with Gasteiger partial charge >= 0.3 is 5.97 Å². The number of hydrogen-bond acceptors (Lipinski definition) is 5. The zero-order valence-corrected chi connectivity index (χ0v) is 15.7. The van der Waals surface area contributed by atoms with E-state index in [4.69, 9.17) is 21.1 Å². The van der Waals surface area contributed by atoms with Crippen LogP contribution in [0.4, 0.5) is 4.39 Å². The highest BCUT2D eigenvalue weighted by Gasteiger charge is 2.06. The van der Waals surface area contributed by atoms with Gasteiger partial charge in [-0.05, 0) is 48.0 Å². The summed E-state index contributed by atoms with van der Waals surface area (Å²) < 4.78 is 23.6. The number of halogens is 2. The summed E-state index contributed by atoms with van der Waals surface area (Å²) in [6.07, 6.45) is 2.86. The lowest BCUT2D eigenvalue weighted by Crippen LogP contribution is -2.01. The molecular weight excluding hydrogens is 389 g/mol. The number of benzene rings is 2. The number of nitrogens with zero attached hydrogens (tertiary/aromatic N) is 1. The fourth-order valence-corrected chi connectivity index (χ4v) is 2.90. The van der Waals surface area contributed by atoms with Crippen molar-refractivity contribution in [2.75, 3.05) is 0 Å². The molecular formula is C20H15ClFNO3S. The second-order valence-electron chi connectivity index (χ2n) is 5.47. The molecule has 0 radical (unpaired) electrons. The van der Waals surface area contributed by atoms with Gasteiger partial charge in [-0.1, -0.05) is 23.7 Å². The van der Waals surface area contributed by atoms with E-state index in [1.807, 2.05) is 5.38 Å². The van der Waals surface area contributed by atoms with E-state index in [1.165, 1.54) is 29.5 Å². The van der Waals surface area contributed by atoms with Crippen LogP contribution in [0.3, 0.4) is 0 Å². The topological polar surface area (TPSA) is 48.4 Å². The molecule has 3 rings (SSSR count). The lowest BCUT2D eigenvalue weighted by molar-refractivity contribution is -0.139. The second-order valence-corrected chi connectivity index (χ2v) is 6.85. The maximum Gasteiger partial charge on any atom is 0.331 e. The molecule has 3 aromatic rings. The highest BCUT2D eigenvalue weighted by atomic mass is 35.5. The van der Waals surface area contributed by atoms with Gasteiger partial charge < -0.3 is 9.47 Å². The van der Waals surface area contributed by atoms with Crippen molar-refractivity contribution in [1.29, 1.82) is 0 Å². The number of ether oxygens (including phenoxy) is 2. The van der Waals surface area contributed by atoms with Crippen LogP contribution in [0.2, 0.25) is 5.02 Å². The van der Waals surface area contributed by atoms with Gasteiger partial charge in [-0.3, -0.25) is 0 Å². The Morgan fingerprint density at radius 3 is 2.59 bits per heavy atom. The van der Waals surface area contributed by atoms with Crippen molar-refractivity contribution in [1.82, 2.24) is 4.98 Å². The van der Waals surface area contributed by atoms with Gasteiger partial charge in [0.1, 0.15) is 29.8 Å². The van der Waals surface area contributed by atoms with E-state index in [0.29, 0.717) is 28.6 Å². The number of esters is 1. The number of carbonyl (C=O) groups is 1. The summed E-state index contributed by atoms with van der Waals surface area (Å²) in [4.78, 5) is 16.1. The highest BCUT2D eigenvalue weighted by molar-refractivity contribution is 7.09. The van der Waals surface area contributed by atoms with Gasteiger partial charge in [0, 0.05) is 16.5 Å². The van der Waals surface area contributed by atoms with E-state index < -0.39 is 5.97 Å². The van der Waals surface area contributed by atoms with E-state index in [0.717, 1.165) is 5.01 Å². The van der Waals surface area contributed by atoms with Crippen molar-refractivity contribution in [2.24, 2.45) is 0 Å². The monoisotopic (exact) mass is 403 g/mol. The zero-order chi connectivity index (χ0) is 19.1. The van der Waals surface area contributed by atoms with Gasteiger partial charge in [0.15, 0.2) is 0 Å². The highest BCUT2D eigenvalue weighted by Crippen LogP contribution is 2.18. The molecule has 0 bridgehead atoms. The summed E-state index contributed by atoms with van der Waals surface area (Å²) in [6, 6.07) is 12.9. The van der Waals surface area contributed by atoms with Gasteiger partial charge in [-0.25, -0.2) is 14.2 Å². The van der Waals surface area contributed by atoms with E-state index in [9.17, 15) is 9.18 Å². The van der Waals surface area contributed by atoms with E-state index in [2.05, 4.69) is 4.98 Å². The fraction of sp³-hybridized carbons (Fsp3) is 0.100.